The second-order valence-electron chi connectivity index (χ2n) is 13.6. The Labute approximate surface area is 336 Å². The maximum absolute atomic E-state index is 10.2. The molecule has 0 spiro atoms. The third-order valence-corrected chi connectivity index (χ3v) is 8.51. The van der Waals surface area contributed by atoms with Crippen molar-refractivity contribution in [2.75, 3.05) is 0 Å². The van der Waals surface area contributed by atoms with Gasteiger partial charge in [0.05, 0.1) is 8.32 Å². The third-order valence-electron chi connectivity index (χ3n) is 8.51. The van der Waals surface area contributed by atoms with E-state index in [1.165, 1.54) is 12.4 Å². The largest absolute Gasteiger partial charge is 0.499 e. The van der Waals surface area contributed by atoms with Crippen molar-refractivity contribution in [1.29, 1.82) is 5.26 Å². The first-order valence-electron chi connectivity index (χ1n) is 20.8. The third kappa shape index (κ3) is 8.21. The van der Waals surface area contributed by atoms with Crippen LogP contribution in [-0.2, 0) is 26.5 Å². The van der Waals surface area contributed by atoms with Crippen LogP contribution in [0.1, 0.15) is 54.0 Å². The molecule has 53 heavy (non-hydrogen) atoms. The van der Waals surface area contributed by atoms with Crippen LogP contribution in [-0.4, -0.2) is 9.97 Å². The Morgan fingerprint density at radius 3 is 2.21 bits per heavy atom. The van der Waals surface area contributed by atoms with E-state index in [4.69, 9.17) is 15.4 Å². The fourth-order valence-corrected chi connectivity index (χ4v) is 6.15. The van der Waals surface area contributed by atoms with Crippen LogP contribution in [0.15, 0.2) is 138 Å². The van der Waals surface area contributed by atoms with E-state index in [0.717, 1.165) is 38.7 Å². The van der Waals surface area contributed by atoms with Crippen molar-refractivity contribution in [2.45, 2.75) is 40.9 Å². The van der Waals surface area contributed by atoms with Gasteiger partial charge in [-0.25, -0.2) is 0 Å². The molecule has 0 fully saturated rings. The van der Waals surface area contributed by atoms with Crippen molar-refractivity contribution in [2.24, 2.45) is 5.41 Å². The zero-order valence-electron chi connectivity index (χ0n) is 37.3. The predicted octanol–water partition coefficient (Wildman–Crippen LogP) is 12.4. The van der Waals surface area contributed by atoms with Gasteiger partial charge in [0, 0.05) is 51.7 Å². The summed E-state index contributed by atoms with van der Waals surface area (Å²) in [6, 6.07) is 41.6. The predicted molar refractivity (Wildman–Crippen MR) is 213 cm³/mol. The summed E-state index contributed by atoms with van der Waals surface area (Å²) in [5.74, 6) is 0. The molecule has 8 rings (SSSR count). The summed E-state index contributed by atoms with van der Waals surface area (Å²) in [7, 11) is 0. The van der Waals surface area contributed by atoms with Crippen LogP contribution in [0.3, 0.4) is 0 Å². The minimum absolute atomic E-state index is 0. The Balaban J connectivity index is 0.000000307. The molecule has 0 N–H and O–H groups in total. The van der Waals surface area contributed by atoms with Crippen LogP contribution in [0.2, 0.25) is 0 Å². The zero-order chi connectivity index (χ0) is 43.0. The van der Waals surface area contributed by atoms with Gasteiger partial charge in [0.25, 0.3) is 0 Å². The molecule has 3 aromatic heterocycles. The van der Waals surface area contributed by atoms with Crippen LogP contribution in [0, 0.1) is 42.6 Å². The van der Waals surface area contributed by atoms with Crippen molar-refractivity contribution in [3.8, 4) is 50.8 Å². The van der Waals surface area contributed by atoms with Gasteiger partial charge >= 0.3 is 0 Å². The van der Waals surface area contributed by atoms with E-state index in [2.05, 4.69) is 48.9 Å². The van der Waals surface area contributed by atoms with Crippen molar-refractivity contribution >= 4 is 21.9 Å². The monoisotopic (exact) mass is 874 g/mol. The van der Waals surface area contributed by atoms with E-state index in [1.807, 2.05) is 66.7 Å². The molecule has 0 atom stereocenters. The summed E-state index contributed by atoms with van der Waals surface area (Å²) in [6.07, 6.45) is 3.37. The molecular weight excluding hydrogens is 827 g/mol. The van der Waals surface area contributed by atoms with Gasteiger partial charge in [-0.2, -0.15) is 5.26 Å². The molecule has 0 unspecified atom stereocenters. The molecule has 0 bridgehead atoms. The molecule has 263 valence electrons. The van der Waals surface area contributed by atoms with Crippen LogP contribution in [0.5, 0.6) is 0 Å². The summed E-state index contributed by atoms with van der Waals surface area (Å²) in [5, 5.41) is 11.7. The fourth-order valence-electron chi connectivity index (χ4n) is 6.15. The van der Waals surface area contributed by atoms with Crippen molar-refractivity contribution in [3.63, 3.8) is 0 Å². The topological polar surface area (TPSA) is 62.7 Å². The summed E-state index contributed by atoms with van der Waals surface area (Å²) < 4.78 is 70.3. The Morgan fingerprint density at radius 2 is 1.53 bits per heavy atom. The molecule has 0 aliphatic rings. The van der Waals surface area contributed by atoms with E-state index in [9.17, 15) is 5.26 Å². The van der Waals surface area contributed by atoms with E-state index in [0.29, 0.717) is 34.4 Å². The number of hydrogen-bond acceptors (Lipinski definition) is 4. The van der Waals surface area contributed by atoms with Crippen LogP contribution >= 0.6 is 0 Å². The van der Waals surface area contributed by atoms with Crippen LogP contribution in [0.25, 0.3) is 66.7 Å². The van der Waals surface area contributed by atoms with Crippen molar-refractivity contribution in [1.82, 2.24) is 9.97 Å². The molecule has 0 amide bonds. The standard InChI is InChI=1S/C36H29N2O.C12H10N.Ir/c1-23-22-38-33(19-31(23)26-15-13-24(14-16-26)20-36(2,3)4)30-12-8-11-28-29-18-17-27(25-9-6-5-7-10-25)32(21-37)35(29)39-34(28)30;1-10-7-8-12(13-9-10)11-5-3-2-4-6-11;/h5-11,13-19,22H,20H2,1-4H3;2-5,7-9H,1H3;/q2*-1;/i1D3,15D,16D;1D3;. The van der Waals surface area contributed by atoms with Gasteiger partial charge in [-0.05, 0) is 70.3 Å². The molecule has 8 aromatic rings. The van der Waals surface area contributed by atoms with Crippen LogP contribution in [0.4, 0.5) is 0 Å². The van der Waals surface area contributed by atoms with E-state index in [-0.39, 0.29) is 59.9 Å². The van der Waals surface area contributed by atoms with Gasteiger partial charge in [0.1, 0.15) is 17.2 Å². The van der Waals surface area contributed by atoms with Gasteiger partial charge in [0.2, 0.25) is 0 Å². The van der Waals surface area contributed by atoms with Gasteiger partial charge in [-0.1, -0.05) is 117 Å². The Hall–Kier alpha value is -5.66. The molecule has 0 aliphatic carbocycles. The van der Waals surface area contributed by atoms with Gasteiger partial charge < -0.3 is 14.4 Å². The first-order valence-corrected chi connectivity index (χ1v) is 16.8. The van der Waals surface area contributed by atoms with Gasteiger partial charge in [0.15, 0.2) is 0 Å². The fraction of sp³-hybridized carbons (Fsp3) is 0.146. The van der Waals surface area contributed by atoms with E-state index in [1.54, 1.807) is 42.5 Å². The number of pyridine rings is 2. The SMILES string of the molecule is [2H]C([2H])([2H])c1ccc(-c2[c-]cccc2)nc1.[2H]c1cc(CC(C)(C)C)cc([2H])c1-c1cc(-c2[c-]ccc3c2oc2c(C#N)c(-c4ccccc4)ccc23)ncc1C([2H])([2H])[2H].[Ir]. The maximum Gasteiger partial charge on any atom is 0.139 e. The normalized spacial score (nSPS) is 13.7. The Bertz CT molecular complexity index is 2860. The molecular formula is C48H39IrN3O-2. The number of nitrogens with zero attached hydrogens (tertiary/aromatic N) is 3. The molecule has 5 aromatic carbocycles. The molecule has 1 radical (unpaired) electrons. The molecule has 5 heteroatoms. The minimum Gasteiger partial charge on any atom is -0.499 e. The molecule has 0 saturated carbocycles. The second-order valence-corrected chi connectivity index (χ2v) is 13.6. The van der Waals surface area contributed by atoms with Crippen LogP contribution < -0.4 is 0 Å². The van der Waals surface area contributed by atoms with Gasteiger partial charge in [-0.3, -0.25) is 0 Å². The average molecular weight is 874 g/mol. The number of fused-ring (bicyclic) bond motifs is 3. The van der Waals surface area contributed by atoms with E-state index >= 15 is 0 Å². The van der Waals surface area contributed by atoms with Gasteiger partial charge in [-0.15, -0.1) is 54.1 Å². The van der Waals surface area contributed by atoms with E-state index < -0.39 is 13.7 Å². The minimum atomic E-state index is -2.52. The number of nitriles is 1. The van der Waals surface area contributed by atoms with Crippen molar-refractivity contribution < 1.29 is 35.5 Å². The number of aryl methyl sites for hydroxylation is 2. The van der Waals surface area contributed by atoms with Crippen molar-refractivity contribution in [3.05, 3.63) is 168 Å². The number of furan rings is 1. The molecule has 3 heterocycles. The first-order chi connectivity index (χ1) is 28.4. The maximum atomic E-state index is 10.2. The number of benzene rings is 5. The smallest absolute Gasteiger partial charge is 0.139 e. The quantitative estimate of drug-likeness (QED) is 0.162. The second kappa shape index (κ2) is 15.9. The Kier molecular flexibility index (Phi) is 8.39. The molecule has 0 aliphatic heterocycles. The number of hydrogen-bond donors (Lipinski definition) is 0. The average Bonchev–Trinajstić information content (AvgIpc) is 3.59. The number of aromatic nitrogens is 2. The zero-order valence-corrected chi connectivity index (χ0v) is 31.7. The summed E-state index contributed by atoms with van der Waals surface area (Å²) in [6.45, 7) is 1.66. The summed E-state index contributed by atoms with van der Waals surface area (Å²) in [5.41, 5.74) is 6.95. The summed E-state index contributed by atoms with van der Waals surface area (Å²) >= 11 is 0. The Morgan fingerprint density at radius 1 is 0.755 bits per heavy atom. The first kappa shape index (κ1) is 27.9. The molecule has 4 nitrogen and oxygen atoms in total. The summed E-state index contributed by atoms with van der Waals surface area (Å²) in [4.78, 5) is 8.64. The number of rotatable bonds is 5. The molecule has 0 saturated heterocycles.